The zero-order chi connectivity index (χ0) is 8.55. The molecule has 2 rings (SSSR count). The van der Waals surface area contributed by atoms with Gasteiger partial charge in [0.05, 0.1) is 0 Å². The Morgan fingerprint density at radius 2 is 2.33 bits per heavy atom. The monoisotopic (exact) mass is 185 g/mol. The van der Waals surface area contributed by atoms with Crippen molar-refractivity contribution >= 4 is 34.9 Å². The Morgan fingerprint density at radius 1 is 1.50 bits per heavy atom. The van der Waals surface area contributed by atoms with Crippen molar-refractivity contribution in [3.63, 3.8) is 0 Å². The molecule has 0 saturated carbocycles. The number of hydrogen-bond acceptors (Lipinski definition) is 6. The third-order valence-electron chi connectivity index (χ3n) is 1.44. The highest BCUT2D eigenvalue weighted by Gasteiger charge is 2.27. The fraction of sp³-hybridized carbons (Fsp3) is 0.200. The van der Waals surface area contributed by atoms with Crippen LogP contribution in [0.15, 0.2) is 20.0 Å². The molecule has 2 aliphatic heterocycles. The van der Waals surface area contributed by atoms with Crippen LogP contribution in [0.1, 0.15) is 0 Å². The molecular weight excluding hydrogens is 182 g/mol. The van der Waals surface area contributed by atoms with Crippen LogP contribution >= 0.6 is 11.6 Å². The average molecular weight is 186 g/mol. The van der Waals surface area contributed by atoms with E-state index in [1.807, 2.05) is 5.48 Å². The van der Waals surface area contributed by atoms with E-state index in [1.54, 1.807) is 0 Å². The van der Waals surface area contributed by atoms with Gasteiger partial charge in [0, 0.05) is 0 Å². The van der Waals surface area contributed by atoms with Gasteiger partial charge in [-0.3, -0.25) is 15.7 Å². The second-order valence-corrected chi connectivity index (χ2v) is 2.48. The summed E-state index contributed by atoms with van der Waals surface area (Å²) in [5.74, 6) is 0.675. The molecular formula is C5H4ClN5O. The van der Waals surface area contributed by atoms with Gasteiger partial charge in [-0.1, -0.05) is 0 Å². The third kappa shape index (κ3) is 1.01. The molecule has 0 radical (unpaired) electrons. The summed E-state index contributed by atoms with van der Waals surface area (Å²) in [5.41, 5.74) is 1.90. The van der Waals surface area contributed by atoms with Crippen molar-refractivity contribution in [3.8, 4) is 0 Å². The first-order valence-corrected chi connectivity index (χ1v) is 3.51. The molecule has 6 nitrogen and oxygen atoms in total. The molecule has 1 atom stereocenters. The number of fused-ring (bicyclic) bond motifs is 1. The molecule has 0 fully saturated rings. The van der Waals surface area contributed by atoms with E-state index in [2.05, 4.69) is 20.0 Å². The van der Waals surface area contributed by atoms with Gasteiger partial charge >= 0.3 is 0 Å². The van der Waals surface area contributed by atoms with Crippen molar-refractivity contribution in [2.24, 2.45) is 20.0 Å². The normalized spacial score (nSPS) is 25.8. The number of nitrogens with one attached hydrogen (secondary N) is 1. The second kappa shape index (κ2) is 2.65. The van der Waals surface area contributed by atoms with E-state index in [1.165, 1.54) is 6.34 Å². The standard InChI is InChI=1S/C5H4ClN5O/c6-5-9-3-2(7-1-8-3)4(10-5)11-12/h1-2,12H,(H,7,8,9,10,11). The molecule has 12 heavy (non-hydrogen) atoms. The molecule has 2 aliphatic rings. The maximum Gasteiger partial charge on any atom is 0.226 e. The minimum Gasteiger partial charge on any atom is -0.290 e. The number of aliphatic imine (C=N–C) groups is 4. The average Bonchev–Trinajstić information content (AvgIpc) is 2.50. The summed E-state index contributed by atoms with van der Waals surface area (Å²) in [6, 6.07) is -0.433. The maximum atomic E-state index is 8.63. The Bertz CT molecular complexity index is 331. The van der Waals surface area contributed by atoms with E-state index in [9.17, 15) is 0 Å². The number of nitrogens with zero attached hydrogens (tertiary/aromatic N) is 4. The van der Waals surface area contributed by atoms with Crippen LogP contribution in [-0.4, -0.2) is 34.6 Å². The first-order chi connectivity index (χ1) is 5.81. The van der Waals surface area contributed by atoms with Gasteiger partial charge in [-0.05, 0) is 11.6 Å². The smallest absolute Gasteiger partial charge is 0.226 e. The largest absolute Gasteiger partial charge is 0.290 e. The van der Waals surface area contributed by atoms with Crippen LogP contribution in [0.3, 0.4) is 0 Å². The molecule has 0 aromatic carbocycles. The Balaban J connectivity index is 2.40. The Morgan fingerprint density at radius 3 is 3.08 bits per heavy atom. The highest BCUT2D eigenvalue weighted by molar-refractivity contribution is 6.67. The van der Waals surface area contributed by atoms with Crippen molar-refractivity contribution in [2.75, 3.05) is 0 Å². The van der Waals surface area contributed by atoms with Gasteiger partial charge in [-0.15, -0.1) is 0 Å². The lowest BCUT2D eigenvalue weighted by Gasteiger charge is -2.13. The van der Waals surface area contributed by atoms with Crippen LogP contribution in [0.4, 0.5) is 0 Å². The van der Waals surface area contributed by atoms with Gasteiger partial charge in [0.2, 0.25) is 5.29 Å². The molecule has 0 spiro atoms. The summed E-state index contributed by atoms with van der Waals surface area (Å²) in [5, 5.41) is 8.67. The molecule has 0 saturated heterocycles. The zero-order valence-electron chi connectivity index (χ0n) is 5.77. The van der Waals surface area contributed by atoms with Crippen molar-refractivity contribution in [3.05, 3.63) is 0 Å². The Hall–Kier alpha value is -1.27. The lowest BCUT2D eigenvalue weighted by atomic mass is 10.2. The number of hydrogen-bond donors (Lipinski definition) is 2. The van der Waals surface area contributed by atoms with E-state index < -0.39 is 6.04 Å². The van der Waals surface area contributed by atoms with E-state index in [0.29, 0.717) is 5.84 Å². The van der Waals surface area contributed by atoms with Crippen LogP contribution in [0, 0.1) is 0 Å². The Kier molecular flexibility index (Phi) is 1.63. The number of rotatable bonds is 0. The summed E-state index contributed by atoms with van der Waals surface area (Å²) in [6.07, 6.45) is 1.35. The second-order valence-electron chi connectivity index (χ2n) is 2.14. The van der Waals surface area contributed by atoms with Gasteiger partial charge in [0.1, 0.15) is 6.34 Å². The van der Waals surface area contributed by atoms with Gasteiger partial charge in [-0.2, -0.15) is 4.99 Å². The summed E-state index contributed by atoms with van der Waals surface area (Å²) in [7, 11) is 0. The molecule has 62 valence electrons. The fourth-order valence-electron chi connectivity index (χ4n) is 0.946. The first kappa shape index (κ1) is 7.38. The third-order valence-corrected chi connectivity index (χ3v) is 1.61. The lowest BCUT2D eigenvalue weighted by Crippen LogP contribution is -2.38. The summed E-state index contributed by atoms with van der Waals surface area (Å²) >= 11 is 5.53. The molecule has 0 amide bonds. The maximum absolute atomic E-state index is 8.63. The van der Waals surface area contributed by atoms with Crippen molar-refractivity contribution in [2.45, 2.75) is 6.04 Å². The molecule has 0 bridgehead atoms. The van der Waals surface area contributed by atoms with E-state index >= 15 is 0 Å². The molecule has 0 aromatic heterocycles. The molecule has 2 N–H and O–H groups in total. The number of halogens is 1. The van der Waals surface area contributed by atoms with Gasteiger partial charge in [-0.25, -0.2) is 9.98 Å². The summed E-state index contributed by atoms with van der Waals surface area (Å²) in [4.78, 5) is 15.3. The van der Waals surface area contributed by atoms with E-state index in [0.717, 1.165) is 0 Å². The minimum atomic E-state index is -0.433. The lowest BCUT2D eigenvalue weighted by molar-refractivity contribution is 0.232. The summed E-state index contributed by atoms with van der Waals surface area (Å²) < 4.78 is 0. The van der Waals surface area contributed by atoms with Crippen LogP contribution in [0.25, 0.3) is 0 Å². The Labute approximate surface area is 72.4 Å². The molecule has 0 aromatic rings. The minimum absolute atomic E-state index is 0.0343. The molecule has 2 heterocycles. The van der Waals surface area contributed by atoms with Gasteiger partial charge < -0.3 is 0 Å². The van der Waals surface area contributed by atoms with Crippen LogP contribution in [0.5, 0.6) is 0 Å². The molecule has 7 heteroatoms. The predicted molar refractivity (Wildman–Crippen MR) is 45.4 cm³/mol. The zero-order valence-corrected chi connectivity index (χ0v) is 6.52. The first-order valence-electron chi connectivity index (χ1n) is 3.13. The van der Waals surface area contributed by atoms with E-state index in [-0.39, 0.29) is 11.1 Å². The highest BCUT2D eigenvalue weighted by Crippen LogP contribution is 2.11. The fourth-order valence-corrected chi connectivity index (χ4v) is 1.12. The molecule has 1 unspecified atom stereocenters. The topological polar surface area (TPSA) is 81.7 Å². The van der Waals surface area contributed by atoms with Gasteiger partial charge in [0.15, 0.2) is 17.7 Å². The van der Waals surface area contributed by atoms with Crippen molar-refractivity contribution < 1.29 is 5.21 Å². The van der Waals surface area contributed by atoms with Crippen LogP contribution in [0.2, 0.25) is 0 Å². The van der Waals surface area contributed by atoms with Crippen LogP contribution < -0.4 is 5.48 Å². The number of hydroxylamine groups is 1. The quantitative estimate of drug-likeness (QED) is 0.404. The predicted octanol–water partition coefficient (Wildman–Crippen LogP) is -0.219. The summed E-state index contributed by atoms with van der Waals surface area (Å²) in [6.45, 7) is 0. The number of amidine groups is 3. The van der Waals surface area contributed by atoms with Gasteiger partial charge in [0.25, 0.3) is 0 Å². The van der Waals surface area contributed by atoms with Crippen molar-refractivity contribution in [1.29, 1.82) is 0 Å². The van der Waals surface area contributed by atoms with E-state index in [4.69, 9.17) is 16.8 Å². The highest BCUT2D eigenvalue weighted by atomic mass is 35.5. The van der Waals surface area contributed by atoms with Crippen LogP contribution in [-0.2, 0) is 0 Å². The molecule has 0 aliphatic carbocycles. The van der Waals surface area contributed by atoms with Crippen molar-refractivity contribution in [1.82, 2.24) is 5.48 Å². The SMILES string of the molecule is ONC1=NC(Cl)=NC2=NC=NC21.